The van der Waals surface area contributed by atoms with E-state index in [0.717, 1.165) is 12.1 Å². The molecule has 1 N–H and O–H groups in total. The van der Waals surface area contributed by atoms with Crippen LogP contribution in [0.1, 0.15) is 30.9 Å². The molecule has 1 fully saturated rings. The fraction of sp³-hybridized carbons (Fsp3) is 0.381. The Labute approximate surface area is 182 Å². The summed E-state index contributed by atoms with van der Waals surface area (Å²) in [5.41, 5.74) is 2.38. The highest BCUT2D eigenvalue weighted by molar-refractivity contribution is 7.88. The zero-order chi connectivity index (χ0) is 21.0. The fourth-order valence-corrected chi connectivity index (χ4v) is 5.72. The molecule has 0 radical (unpaired) electrons. The van der Waals surface area contributed by atoms with E-state index in [-0.39, 0.29) is 17.6 Å². The minimum atomic E-state index is -3.56. The largest absolute Gasteiger partial charge is 0.326 e. The third kappa shape index (κ3) is 5.51. The molecule has 0 atom stereocenters. The number of nitrogens with one attached hydrogen (secondary N) is 1. The normalized spacial score (nSPS) is 16.0. The number of benzene rings is 2. The van der Waals surface area contributed by atoms with E-state index < -0.39 is 10.0 Å². The first-order chi connectivity index (χ1) is 13.8. The van der Waals surface area contributed by atoms with Crippen LogP contribution in [0.25, 0.3) is 0 Å². The van der Waals surface area contributed by atoms with Crippen molar-refractivity contribution in [1.29, 1.82) is 0 Å². The SMILES string of the molecule is CCc1ccc(NC(=O)C2CCN(S(=O)(=O)Cc3c(Cl)cccc3Cl)CC2)cc1. The summed E-state index contributed by atoms with van der Waals surface area (Å²) in [7, 11) is -3.56. The molecule has 2 aromatic rings. The van der Waals surface area contributed by atoms with Gasteiger partial charge in [0.25, 0.3) is 0 Å². The number of hydrogen-bond donors (Lipinski definition) is 1. The minimum absolute atomic E-state index is 0.0690. The average Bonchev–Trinajstić information content (AvgIpc) is 2.71. The second-order valence-corrected chi connectivity index (χ2v) is 9.95. The number of aryl methyl sites for hydroxylation is 1. The highest BCUT2D eigenvalue weighted by Crippen LogP contribution is 2.29. The van der Waals surface area contributed by atoms with E-state index in [1.54, 1.807) is 18.2 Å². The van der Waals surface area contributed by atoms with Gasteiger partial charge in [-0.3, -0.25) is 4.79 Å². The molecule has 0 unspecified atom stereocenters. The van der Waals surface area contributed by atoms with Crippen molar-refractivity contribution >= 4 is 44.8 Å². The summed E-state index contributed by atoms with van der Waals surface area (Å²) in [6, 6.07) is 12.7. The molecule has 29 heavy (non-hydrogen) atoms. The molecule has 3 rings (SSSR count). The lowest BCUT2D eigenvalue weighted by atomic mass is 9.97. The van der Waals surface area contributed by atoms with Crippen molar-refractivity contribution < 1.29 is 13.2 Å². The summed E-state index contributed by atoms with van der Waals surface area (Å²) in [6.45, 7) is 2.68. The van der Waals surface area contributed by atoms with Crippen LogP contribution in [0.4, 0.5) is 5.69 Å². The summed E-state index contributed by atoms with van der Waals surface area (Å²) in [6.07, 6.45) is 1.91. The summed E-state index contributed by atoms with van der Waals surface area (Å²) in [5.74, 6) is -0.525. The molecule has 5 nitrogen and oxygen atoms in total. The Morgan fingerprint density at radius 3 is 2.21 bits per heavy atom. The van der Waals surface area contributed by atoms with Gasteiger partial charge in [-0.05, 0) is 49.1 Å². The van der Waals surface area contributed by atoms with Crippen molar-refractivity contribution in [3.63, 3.8) is 0 Å². The second kappa shape index (κ2) is 9.47. The molecule has 0 saturated carbocycles. The number of nitrogens with zero attached hydrogens (tertiary/aromatic N) is 1. The zero-order valence-electron chi connectivity index (χ0n) is 16.2. The van der Waals surface area contributed by atoms with E-state index in [1.807, 2.05) is 24.3 Å². The number of amides is 1. The smallest absolute Gasteiger partial charge is 0.227 e. The van der Waals surface area contributed by atoms with E-state index >= 15 is 0 Å². The molecule has 1 aliphatic heterocycles. The number of halogens is 2. The maximum absolute atomic E-state index is 12.8. The van der Waals surface area contributed by atoms with Gasteiger partial charge in [-0.25, -0.2) is 12.7 Å². The van der Waals surface area contributed by atoms with E-state index in [2.05, 4.69) is 12.2 Å². The number of rotatable bonds is 6. The van der Waals surface area contributed by atoms with Crippen LogP contribution in [0.5, 0.6) is 0 Å². The van der Waals surface area contributed by atoms with Crippen molar-refractivity contribution in [2.75, 3.05) is 18.4 Å². The van der Waals surface area contributed by atoms with E-state index in [1.165, 1.54) is 9.87 Å². The molecule has 0 bridgehead atoms. The van der Waals surface area contributed by atoms with Crippen LogP contribution < -0.4 is 5.32 Å². The van der Waals surface area contributed by atoms with Gasteiger partial charge in [0.15, 0.2) is 0 Å². The van der Waals surface area contributed by atoms with Gasteiger partial charge in [0.2, 0.25) is 15.9 Å². The summed E-state index contributed by atoms with van der Waals surface area (Å²) < 4.78 is 27.0. The van der Waals surface area contributed by atoms with Gasteiger partial charge in [-0.2, -0.15) is 0 Å². The Bertz CT molecular complexity index is 950. The van der Waals surface area contributed by atoms with Crippen LogP contribution in [0.3, 0.4) is 0 Å². The van der Waals surface area contributed by atoms with Gasteiger partial charge in [-0.15, -0.1) is 0 Å². The Morgan fingerprint density at radius 1 is 1.07 bits per heavy atom. The van der Waals surface area contributed by atoms with Crippen LogP contribution in [0.15, 0.2) is 42.5 Å². The number of carbonyl (C=O) groups excluding carboxylic acids is 1. The Morgan fingerprint density at radius 2 is 1.66 bits per heavy atom. The maximum atomic E-state index is 12.8. The topological polar surface area (TPSA) is 66.5 Å². The molecule has 1 aliphatic rings. The summed E-state index contributed by atoms with van der Waals surface area (Å²) in [5, 5.41) is 3.60. The molecule has 2 aromatic carbocycles. The molecule has 156 valence electrons. The molecular weight excluding hydrogens is 431 g/mol. The molecule has 0 spiro atoms. The summed E-state index contributed by atoms with van der Waals surface area (Å²) >= 11 is 12.2. The Balaban J connectivity index is 1.58. The Hall–Kier alpha value is -1.60. The summed E-state index contributed by atoms with van der Waals surface area (Å²) in [4.78, 5) is 12.5. The quantitative estimate of drug-likeness (QED) is 0.685. The van der Waals surface area contributed by atoms with Crippen LogP contribution >= 0.6 is 23.2 Å². The number of hydrogen-bond acceptors (Lipinski definition) is 3. The van der Waals surface area contributed by atoms with Crippen LogP contribution in [0.2, 0.25) is 10.0 Å². The molecule has 1 amide bonds. The standard InChI is InChI=1S/C21H24Cl2N2O3S/c1-2-15-6-8-17(9-7-15)24-21(26)16-10-12-25(13-11-16)29(27,28)14-18-19(22)4-3-5-20(18)23/h3-9,16H,2,10-14H2,1H3,(H,24,26). The lowest BCUT2D eigenvalue weighted by Crippen LogP contribution is -2.41. The van der Waals surface area contributed by atoms with E-state index in [0.29, 0.717) is 41.5 Å². The maximum Gasteiger partial charge on any atom is 0.227 e. The Kier molecular flexibility index (Phi) is 7.22. The molecule has 1 saturated heterocycles. The first-order valence-corrected chi connectivity index (χ1v) is 12.0. The first-order valence-electron chi connectivity index (χ1n) is 9.60. The lowest BCUT2D eigenvalue weighted by Gasteiger charge is -2.30. The van der Waals surface area contributed by atoms with E-state index in [4.69, 9.17) is 23.2 Å². The zero-order valence-corrected chi connectivity index (χ0v) is 18.5. The highest BCUT2D eigenvalue weighted by Gasteiger charge is 2.32. The third-order valence-electron chi connectivity index (χ3n) is 5.24. The number of anilines is 1. The number of piperidine rings is 1. The molecule has 0 aliphatic carbocycles. The number of carbonyl (C=O) groups is 1. The fourth-order valence-electron chi connectivity index (χ4n) is 3.41. The monoisotopic (exact) mass is 454 g/mol. The van der Waals surface area contributed by atoms with Crippen molar-refractivity contribution in [1.82, 2.24) is 4.31 Å². The molecule has 8 heteroatoms. The van der Waals surface area contributed by atoms with Gasteiger partial charge in [0.05, 0.1) is 5.75 Å². The first kappa shape index (κ1) is 22.1. The number of sulfonamides is 1. The van der Waals surface area contributed by atoms with Gasteiger partial charge in [-0.1, -0.05) is 48.3 Å². The molecule has 0 aromatic heterocycles. The predicted octanol–water partition coefficient (Wildman–Crippen LogP) is 4.74. The van der Waals surface area contributed by atoms with Crippen molar-refractivity contribution in [3.05, 3.63) is 63.6 Å². The van der Waals surface area contributed by atoms with Crippen molar-refractivity contribution in [2.45, 2.75) is 31.9 Å². The van der Waals surface area contributed by atoms with Gasteiger partial charge in [0.1, 0.15) is 0 Å². The van der Waals surface area contributed by atoms with Crippen LogP contribution in [0, 0.1) is 5.92 Å². The molecule has 1 heterocycles. The van der Waals surface area contributed by atoms with Gasteiger partial charge < -0.3 is 5.32 Å². The van der Waals surface area contributed by atoms with Gasteiger partial charge >= 0.3 is 0 Å². The van der Waals surface area contributed by atoms with Crippen molar-refractivity contribution in [2.24, 2.45) is 5.92 Å². The second-order valence-electron chi connectivity index (χ2n) is 7.17. The lowest BCUT2D eigenvalue weighted by molar-refractivity contribution is -0.120. The molecular formula is C21H24Cl2N2O3S. The van der Waals surface area contributed by atoms with Gasteiger partial charge in [0, 0.05) is 40.3 Å². The minimum Gasteiger partial charge on any atom is -0.326 e. The van der Waals surface area contributed by atoms with E-state index in [9.17, 15) is 13.2 Å². The van der Waals surface area contributed by atoms with Crippen LogP contribution in [-0.2, 0) is 27.0 Å². The average molecular weight is 455 g/mol. The highest BCUT2D eigenvalue weighted by atomic mass is 35.5. The third-order valence-corrected chi connectivity index (χ3v) is 7.75. The van der Waals surface area contributed by atoms with Crippen molar-refractivity contribution in [3.8, 4) is 0 Å². The van der Waals surface area contributed by atoms with Crippen LogP contribution in [-0.4, -0.2) is 31.7 Å². The predicted molar refractivity (Wildman–Crippen MR) is 118 cm³/mol.